The Bertz CT molecular complexity index is 347. The van der Waals surface area contributed by atoms with E-state index >= 15 is 0 Å². The van der Waals surface area contributed by atoms with E-state index in [0.29, 0.717) is 5.92 Å². The molecule has 0 aromatic carbocycles. The SMILES string of the molecule is CCNc1cc(CC(C)C)nc(CC2CC2)n1. The van der Waals surface area contributed by atoms with Crippen LogP contribution in [0.5, 0.6) is 0 Å². The number of nitrogens with zero attached hydrogens (tertiary/aromatic N) is 2. The third-order valence-corrected chi connectivity index (χ3v) is 2.97. The molecule has 94 valence electrons. The van der Waals surface area contributed by atoms with Crippen LogP contribution in [-0.4, -0.2) is 16.5 Å². The zero-order valence-corrected chi connectivity index (χ0v) is 11.2. The first-order valence-corrected chi connectivity index (χ1v) is 6.78. The number of hydrogen-bond donors (Lipinski definition) is 1. The van der Waals surface area contributed by atoms with E-state index in [0.717, 1.165) is 36.9 Å². The van der Waals surface area contributed by atoms with Crippen molar-refractivity contribution in [2.45, 2.75) is 46.5 Å². The van der Waals surface area contributed by atoms with E-state index in [1.54, 1.807) is 0 Å². The number of rotatable bonds is 6. The zero-order valence-electron chi connectivity index (χ0n) is 11.2. The predicted octanol–water partition coefficient (Wildman–Crippen LogP) is 3.06. The molecule has 1 heterocycles. The van der Waals surface area contributed by atoms with Gasteiger partial charge in [0.25, 0.3) is 0 Å². The quantitative estimate of drug-likeness (QED) is 0.820. The molecule has 1 aromatic heterocycles. The first kappa shape index (κ1) is 12.3. The summed E-state index contributed by atoms with van der Waals surface area (Å²) in [5, 5.41) is 3.30. The average molecular weight is 233 g/mol. The topological polar surface area (TPSA) is 37.8 Å². The minimum absolute atomic E-state index is 0.646. The minimum atomic E-state index is 0.646. The summed E-state index contributed by atoms with van der Waals surface area (Å²) in [6.45, 7) is 7.48. The molecule has 0 bridgehead atoms. The maximum Gasteiger partial charge on any atom is 0.131 e. The lowest BCUT2D eigenvalue weighted by Crippen LogP contribution is -2.08. The van der Waals surface area contributed by atoms with Gasteiger partial charge < -0.3 is 5.32 Å². The molecule has 0 aliphatic heterocycles. The standard InChI is InChI=1S/C14H23N3/c1-4-15-13-9-12(7-10(2)3)16-14(17-13)8-11-5-6-11/h9-11H,4-8H2,1-3H3,(H,15,16,17). The van der Waals surface area contributed by atoms with Crippen molar-refractivity contribution in [2.75, 3.05) is 11.9 Å². The summed E-state index contributed by atoms with van der Waals surface area (Å²) >= 11 is 0. The fourth-order valence-corrected chi connectivity index (χ4v) is 2.02. The highest BCUT2D eigenvalue weighted by Gasteiger charge is 2.23. The van der Waals surface area contributed by atoms with Crippen LogP contribution in [0.15, 0.2) is 6.07 Å². The molecule has 0 amide bonds. The lowest BCUT2D eigenvalue weighted by Gasteiger charge is -2.10. The van der Waals surface area contributed by atoms with Crippen molar-refractivity contribution in [3.05, 3.63) is 17.6 Å². The summed E-state index contributed by atoms with van der Waals surface area (Å²) in [6, 6.07) is 2.10. The second kappa shape index (κ2) is 5.48. The molecular weight excluding hydrogens is 210 g/mol. The van der Waals surface area contributed by atoms with Gasteiger partial charge in [0.05, 0.1) is 0 Å². The van der Waals surface area contributed by atoms with Gasteiger partial charge in [0.15, 0.2) is 0 Å². The molecule has 3 heteroatoms. The van der Waals surface area contributed by atoms with E-state index in [1.165, 1.54) is 18.5 Å². The van der Waals surface area contributed by atoms with E-state index < -0.39 is 0 Å². The Kier molecular flexibility index (Phi) is 3.97. The third kappa shape index (κ3) is 3.99. The Balaban J connectivity index is 2.14. The van der Waals surface area contributed by atoms with Crippen LogP contribution in [0.1, 0.15) is 45.1 Å². The van der Waals surface area contributed by atoms with Crippen molar-refractivity contribution in [3.8, 4) is 0 Å². The fraction of sp³-hybridized carbons (Fsp3) is 0.714. The van der Waals surface area contributed by atoms with Crippen LogP contribution in [-0.2, 0) is 12.8 Å². The van der Waals surface area contributed by atoms with Crippen molar-refractivity contribution in [1.82, 2.24) is 9.97 Å². The van der Waals surface area contributed by atoms with Crippen LogP contribution in [0.2, 0.25) is 0 Å². The summed E-state index contributed by atoms with van der Waals surface area (Å²) in [5.74, 6) is 3.52. The smallest absolute Gasteiger partial charge is 0.131 e. The molecule has 1 fully saturated rings. The van der Waals surface area contributed by atoms with E-state index in [2.05, 4.69) is 42.1 Å². The van der Waals surface area contributed by atoms with Crippen molar-refractivity contribution >= 4 is 5.82 Å². The first-order chi connectivity index (χ1) is 8.17. The maximum absolute atomic E-state index is 4.68. The average Bonchev–Trinajstić information content (AvgIpc) is 3.00. The largest absolute Gasteiger partial charge is 0.370 e. The normalized spacial score (nSPS) is 15.3. The van der Waals surface area contributed by atoms with Crippen LogP contribution in [0.4, 0.5) is 5.82 Å². The van der Waals surface area contributed by atoms with E-state index in [-0.39, 0.29) is 0 Å². The Hall–Kier alpha value is -1.12. The highest BCUT2D eigenvalue weighted by molar-refractivity contribution is 5.36. The summed E-state index contributed by atoms with van der Waals surface area (Å²) in [5.41, 5.74) is 1.18. The second-order valence-corrected chi connectivity index (χ2v) is 5.44. The van der Waals surface area contributed by atoms with Gasteiger partial charge in [-0.2, -0.15) is 0 Å². The number of nitrogens with one attached hydrogen (secondary N) is 1. The molecule has 3 nitrogen and oxygen atoms in total. The summed E-state index contributed by atoms with van der Waals surface area (Å²) in [7, 11) is 0. The Morgan fingerprint density at radius 1 is 1.35 bits per heavy atom. The molecule has 1 N–H and O–H groups in total. The number of hydrogen-bond acceptors (Lipinski definition) is 3. The van der Waals surface area contributed by atoms with E-state index in [4.69, 9.17) is 0 Å². The molecule has 0 unspecified atom stereocenters. The minimum Gasteiger partial charge on any atom is -0.370 e. The highest BCUT2D eigenvalue weighted by Crippen LogP contribution is 2.32. The molecular formula is C14H23N3. The molecule has 0 radical (unpaired) electrons. The Labute approximate surface area is 104 Å². The zero-order chi connectivity index (χ0) is 12.3. The van der Waals surface area contributed by atoms with Crippen molar-refractivity contribution in [2.24, 2.45) is 11.8 Å². The molecule has 17 heavy (non-hydrogen) atoms. The fourth-order valence-electron chi connectivity index (χ4n) is 2.02. The van der Waals surface area contributed by atoms with Gasteiger partial charge in [-0.3, -0.25) is 0 Å². The van der Waals surface area contributed by atoms with Gasteiger partial charge in [-0.25, -0.2) is 9.97 Å². The Morgan fingerprint density at radius 3 is 2.71 bits per heavy atom. The van der Waals surface area contributed by atoms with Gasteiger partial charge in [0.2, 0.25) is 0 Å². The molecule has 1 aromatic rings. The van der Waals surface area contributed by atoms with Gasteiger partial charge in [-0.1, -0.05) is 13.8 Å². The van der Waals surface area contributed by atoms with Gasteiger partial charge in [-0.05, 0) is 38.0 Å². The summed E-state index contributed by atoms with van der Waals surface area (Å²) < 4.78 is 0. The summed E-state index contributed by atoms with van der Waals surface area (Å²) in [4.78, 5) is 9.27. The predicted molar refractivity (Wildman–Crippen MR) is 71.2 cm³/mol. The molecule has 1 saturated carbocycles. The van der Waals surface area contributed by atoms with Gasteiger partial charge in [-0.15, -0.1) is 0 Å². The number of anilines is 1. The molecule has 1 aliphatic rings. The van der Waals surface area contributed by atoms with Gasteiger partial charge in [0.1, 0.15) is 11.6 Å². The second-order valence-electron chi connectivity index (χ2n) is 5.44. The highest BCUT2D eigenvalue weighted by atomic mass is 15.0. The van der Waals surface area contributed by atoms with E-state index in [1.807, 2.05) is 0 Å². The monoisotopic (exact) mass is 233 g/mol. The third-order valence-electron chi connectivity index (χ3n) is 2.97. The molecule has 0 saturated heterocycles. The van der Waals surface area contributed by atoms with Crippen molar-refractivity contribution in [3.63, 3.8) is 0 Å². The van der Waals surface area contributed by atoms with Gasteiger partial charge >= 0.3 is 0 Å². The van der Waals surface area contributed by atoms with Crippen LogP contribution in [0.3, 0.4) is 0 Å². The molecule has 1 aliphatic carbocycles. The molecule has 2 rings (SSSR count). The first-order valence-electron chi connectivity index (χ1n) is 6.78. The van der Waals surface area contributed by atoms with Crippen LogP contribution in [0.25, 0.3) is 0 Å². The maximum atomic E-state index is 4.68. The number of aromatic nitrogens is 2. The van der Waals surface area contributed by atoms with E-state index in [9.17, 15) is 0 Å². The summed E-state index contributed by atoms with van der Waals surface area (Å²) in [6.07, 6.45) is 4.81. The van der Waals surface area contributed by atoms with Crippen LogP contribution >= 0.6 is 0 Å². The lowest BCUT2D eigenvalue weighted by molar-refractivity contribution is 0.627. The Morgan fingerprint density at radius 2 is 2.12 bits per heavy atom. The lowest BCUT2D eigenvalue weighted by atomic mass is 10.1. The van der Waals surface area contributed by atoms with Crippen molar-refractivity contribution in [1.29, 1.82) is 0 Å². The van der Waals surface area contributed by atoms with Crippen LogP contribution in [0, 0.1) is 11.8 Å². The van der Waals surface area contributed by atoms with Crippen molar-refractivity contribution < 1.29 is 0 Å². The van der Waals surface area contributed by atoms with Gasteiger partial charge in [0, 0.05) is 24.7 Å². The molecule has 0 spiro atoms. The van der Waals surface area contributed by atoms with Crippen LogP contribution < -0.4 is 5.32 Å². The molecule has 0 atom stereocenters.